The Kier molecular flexibility index (Phi) is 7.84. The van der Waals surface area contributed by atoms with Gasteiger partial charge in [0, 0.05) is 13.6 Å². The van der Waals surface area contributed by atoms with Crippen molar-refractivity contribution >= 4 is 27.5 Å². The van der Waals surface area contributed by atoms with Crippen LogP contribution in [0.3, 0.4) is 0 Å². The van der Waals surface area contributed by atoms with Crippen molar-refractivity contribution in [1.82, 2.24) is 10.2 Å². The lowest BCUT2D eigenvalue weighted by Crippen LogP contribution is -2.50. The lowest BCUT2D eigenvalue weighted by molar-refractivity contribution is -0.139. The molecule has 0 saturated carbocycles. The van der Waals surface area contributed by atoms with Gasteiger partial charge in [-0.2, -0.15) is 0 Å². The van der Waals surface area contributed by atoms with Crippen molar-refractivity contribution in [2.75, 3.05) is 24.2 Å². The second-order valence-electron chi connectivity index (χ2n) is 7.73. The molecule has 0 aliphatic carbocycles. The molecule has 31 heavy (non-hydrogen) atoms. The molecule has 0 saturated heterocycles. The standard InChI is InChI=1S/C23H31N3O4S/c1-16-11-9-13-21(18(16)3)26(31(6,29)30)15-22(27)25(19(4)23(28)24-5)14-20-12-8-7-10-17(20)2/h7-13,19H,14-15H2,1-6H3,(H,24,28)/t19-/m1/s1. The highest BCUT2D eigenvalue weighted by atomic mass is 32.2. The Bertz CT molecular complexity index is 1070. The Morgan fingerprint density at radius 3 is 2.19 bits per heavy atom. The minimum Gasteiger partial charge on any atom is -0.357 e. The van der Waals surface area contributed by atoms with Crippen LogP contribution in [0.1, 0.15) is 29.2 Å². The van der Waals surface area contributed by atoms with E-state index in [4.69, 9.17) is 0 Å². The van der Waals surface area contributed by atoms with Crippen molar-refractivity contribution in [3.63, 3.8) is 0 Å². The number of benzene rings is 2. The SMILES string of the molecule is CNC(=O)[C@@H](C)N(Cc1ccccc1C)C(=O)CN(c1cccc(C)c1C)S(C)(=O)=O. The van der Waals surface area contributed by atoms with E-state index in [2.05, 4.69) is 5.32 Å². The molecule has 0 radical (unpaired) electrons. The molecule has 2 rings (SSSR count). The number of amides is 2. The van der Waals surface area contributed by atoms with Crippen LogP contribution in [0.25, 0.3) is 0 Å². The lowest BCUT2D eigenvalue weighted by atomic mass is 10.1. The van der Waals surface area contributed by atoms with E-state index in [0.29, 0.717) is 5.69 Å². The number of carbonyl (C=O) groups is 2. The van der Waals surface area contributed by atoms with Crippen molar-refractivity contribution in [2.24, 2.45) is 0 Å². The van der Waals surface area contributed by atoms with Gasteiger partial charge >= 0.3 is 0 Å². The molecule has 2 amide bonds. The van der Waals surface area contributed by atoms with Crippen LogP contribution in [-0.4, -0.2) is 51.0 Å². The summed E-state index contributed by atoms with van der Waals surface area (Å²) in [6, 6.07) is 12.2. The molecule has 8 heteroatoms. The topological polar surface area (TPSA) is 86.8 Å². The van der Waals surface area contributed by atoms with Crippen LogP contribution < -0.4 is 9.62 Å². The monoisotopic (exact) mass is 445 g/mol. The molecular formula is C23H31N3O4S. The van der Waals surface area contributed by atoms with Crippen LogP contribution in [-0.2, 0) is 26.2 Å². The summed E-state index contributed by atoms with van der Waals surface area (Å²) in [5, 5.41) is 2.57. The molecule has 1 N–H and O–H groups in total. The second kappa shape index (κ2) is 9.96. The first-order valence-corrected chi connectivity index (χ1v) is 11.9. The van der Waals surface area contributed by atoms with Gasteiger partial charge in [0.05, 0.1) is 11.9 Å². The molecule has 0 spiro atoms. The molecule has 2 aromatic rings. The van der Waals surface area contributed by atoms with E-state index in [9.17, 15) is 18.0 Å². The lowest BCUT2D eigenvalue weighted by Gasteiger charge is -2.32. The van der Waals surface area contributed by atoms with Crippen molar-refractivity contribution in [3.8, 4) is 0 Å². The summed E-state index contributed by atoms with van der Waals surface area (Å²) in [6.45, 7) is 7.09. The normalized spacial score (nSPS) is 12.2. The molecule has 0 aromatic heterocycles. The minimum absolute atomic E-state index is 0.199. The molecule has 0 bridgehead atoms. The van der Waals surface area contributed by atoms with Crippen LogP contribution in [0.4, 0.5) is 5.69 Å². The summed E-state index contributed by atoms with van der Waals surface area (Å²) in [7, 11) is -2.22. The maximum atomic E-state index is 13.4. The molecule has 0 unspecified atom stereocenters. The number of hydrogen-bond acceptors (Lipinski definition) is 4. The zero-order valence-corrected chi connectivity index (χ0v) is 19.8. The zero-order chi connectivity index (χ0) is 23.3. The van der Waals surface area contributed by atoms with Gasteiger partial charge in [0.15, 0.2) is 0 Å². The fourth-order valence-corrected chi connectivity index (χ4v) is 4.26. The maximum Gasteiger partial charge on any atom is 0.244 e. The fraction of sp³-hybridized carbons (Fsp3) is 0.391. The predicted octanol–water partition coefficient (Wildman–Crippen LogP) is 2.54. The third-order valence-electron chi connectivity index (χ3n) is 5.54. The summed E-state index contributed by atoms with van der Waals surface area (Å²) in [4.78, 5) is 27.2. The first-order chi connectivity index (χ1) is 14.5. The van der Waals surface area contributed by atoms with Gasteiger partial charge in [0.1, 0.15) is 12.6 Å². The Labute approximate surface area is 185 Å². The number of nitrogens with zero attached hydrogens (tertiary/aromatic N) is 2. The number of anilines is 1. The number of aryl methyl sites for hydroxylation is 2. The highest BCUT2D eigenvalue weighted by Gasteiger charge is 2.30. The average molecular weight is 446 g/mol. The highest BCUT2D eigenvalue weighted by molar-refractivity contribution is 7.92. The van der Waals surface area contributed by atoms with Crippen molar-refractivity contribution in [2.45, 2.75) is 40.3 Å². The number of carbonyl (C=O) groups excluding carboxylic acids is 2. The van der Waals surface area contributed by atoms with Gasteiger partial charge in [-0.05, 0) is 56.0 Å². The van der Waals surface area contributed by atoms with Gasteiger partial charge in [-0.25, -0.2) is 8.42 Å². The van der Waals surface area contributed by atoms with Gasteiger partial charge < -0.3 is 10.2 Å². The van der Waals surface area contributed by atoms with E-state index in [0.717, 1.165) is 32.8 Å². The predicted molar refractivity (Wildman–Crippen MR) is 123 cm³/mol. The van der Waals surface area contributed by atoms with Gasteiger partial charge in [-0.15, -0.1) is 0 Å². The van der Waals surface area contributed by atoms with Crippen LogP contribution in [0.15, 0.2) is 42.5 Å². The maximum absolute atomic E-state index is 13.4. The molecule has 0 aliphatic heterocycles. The summed E-state index contributed by atoms with van der Waals surface area (Å²) >= 11 is 0. The van der Waals surface area contributed by atoms with Crippen molar-refractivity contribution < 1.29 is 18.0 Å². The number of sulfonamides is 1. The minimum atomic E-state index is -3.73. The van der Waals surface area contributed by atoms with Crippen LogP contribution in [0, 0.1) is 20.8 Å². The first-order valence-electron chi connectivity index (χ1n) is 10.1. The Hall–Kier alpha value is -2.87. The molecule has 0 aliphatic rings. The van der Waals surface area contributed by atoms with E-state index >= 15 is 0 Å². The highest BCUT2D eigenvalue weighted by Crippen LogP contribution is 2.25. The Morgan fingerprint density at radius 1 is 1.00 bits per heavy atom. The van der Waals surface area contributed by atoms with E-state index in [1.807, 2.05) is 51.1 Å². The molecular weight excluding hydrogens is 414 g/mol. The molecule has 1 atom stereocenters. The van der Waals surface area contributed by atoms with Gasteiger partial charge in [0.25, 0.3) is 0 Å². The van der Waals surface area contributed by atoms with E-state index in [-0.39, 0.29) is 12.5 Å². The first kappa shape index (κ1) is 24.4. The zero-order valence-electron chi connectivity index (χ0n) is 19.0. The smallest absolute Gasteiger partial charge is 0.244 e. The molecule has 168 valence electrons. The molecule has 0 heterocycles. The molecule has 0 fully saturated rings. The van der Waals surface area contributed by atoms with Gasteiger partial charge in [-0.3, -0.25) is 13.9 Å². The molecule has 7 nitrogen and oxygen atoms in total. The summed E-state index contributed by atoms with van der Waals surface area (Å²) < 4.78 is 26.3. The van der Waals surface area contributed by atoms with E-state index in [1.54, 1.807) is 19.1 Å². The van der Waals surface area contributed by atoms with Crippen LogP contribution in [0.2, 0.25) is 0 Å². The number of rotatable bonds is 8. The average Bonchev–Trinajstić information content (AvgIpc) is 2.71. The van der Waals surface area contributed by atoms with E-state index in [1.165, 1.54) is 11.9 Å². The summed E-state index contributed by atoms with van der Waals surface area (Å²) in [5.74, 6) is -0.773. The quantitative estimate of drug-likeness (QED) is 0.677. The Morgan fingerprint density at radius 2 is 1.61 bits per heavy atom. The number of likely N-dealkylation sites (N-methyl/N-ethyl adjacent to an activating group) is 1. The summed E-state index contributed by atoms with van der Waals surface area (Å²) in [6.07, 6.45) is 1.08. The van der Waals surface area contributed by atoms with Crippen molar-refractivity contribution in [1.29, 1.82) is 0 Å². The van der Waals surface area contributed by atoms with Crippen LogP contribution in [0.5, 0.6) is 0 Å². The third kappa shape index (κ3) is 5.85. The third-order valence-corrected chi connectivity index (χ3v) is 6.67. The largest absolute Gasteiger partial charge is 0.357 e. The van der Waals surface area contributed by atoms with Crippen LogP contribution >= 0.6 is 0 Å². The van der Waals surface area contributed by atoms with Crippen molar-refractivity contribution in [3.05, 3.63) is 64.7 Å². The van der Waals surface area contributed by atoms with Gasteiger partial charge in [-0.1, -0.05) is 36.4 Å². The summed E-state index contributed by atoms with van der Waals surface area (Å²) in [5.41, 5.74) is 4.04. The fourth-order valence-electron chi connectivity index (χ4n) is 3.36. The number of hydrogen-bond donors (Lipinski definition) is 1. The van der Waals surface area contributed by atoms with Gasteiger partial charge in [0.2, 0.25) is 21.8 Å². The molecule has 2 aromatic carbocycles. The second-order valence-corrected chi connectivity index (χ2v) is 9.63. The van der Waals surface area contributed by atoms with E-state index < -0.39 is 28.5 Å². The number of nitrogens with one attached hydrogen (secondary N) is 1. The Balaban J connectivity index is 2.45.